The fourth-order valence-corrected chi connectivity index (χ4v) is 2.63. The summed E-state index contributed by atoms with van der Waals surface area (Å²) in [7, 11) is 0. The van der Waals surface area contributed by atoms with Gasteiger partial charge in [0.15, 0.2) is 0 Å². The first-order valence-electron chi connectivity index (χ1n) is 6.08. The molecule has 0 aromatic heterocycles. The van der Waals surface area contributed by atoms with Gasteiger partial charge in [0, 0.05) is 0 Å². The molecule has 0 bridgehead atoms. The van der Waals surface area contributed by atoms with Crippen molar-refractivity contribution in [2.45, 2.75) is 58.3 Å². The predicted octanol–water partition coefficient (Wildman–Crippen LogP) is 3.33. The third-order valence-electron chi connectivity index (χ3n) is 3.55. The summed E-state index contributed by atoms with van der Waals surface area (Å²) in [5, 5.41) is 0. The van der Waals surface area contributed by atoms with Crippen LogP contribution >= 0.6 is 0 Å². The highest BCUT2D eigenvalue weighted by atomic mass is 14.6. The zero-order valence-electron chi connectivity index (χ0n) is 9.10. The zero-order valence-corrected chi connectivity index (χ0v) is 9.10. The van der Waals surface area contributed by atoms with Gasteiger partial charge in [-0.1, -0.05) is 51.9 Å². The number of hydrogen-bond acceptors (Lipinski definition) is 1. The second-order valence-electron chi connectivity index (χ2n) is 4.54. The molecule has 0 radical (unpaired) electrons. The molecule has 78 valence electrons. The SMILES string of the molecule is CCCCCC(CN)C1CCCC1. The minimum Gasteiger partial charge on any atom is -0.330 e. The van der Waals surface area contributed by atoms with Gasteiger partial charge in [0.05, 0.1) is 0 Å². The lowest BCUT2D eigenvalue weighted by Crippen LogP contribution is -2.21. The average molecular weight is 183 g/mol. The quantitative estimate of drug-likeness (QED) is 0.628. The van der Waals surface area contributed by atoms with Crippen molar-refractivity contribution in [2.24, 2.45) is 17.6 Å². The Balaban J connectivity index is 2.16. The molecule has 1 atom stereocenters. The lowest BCUT2D eigenvalue weighted by atomic mass is 9.86. The third kappa shape index (κ3) is 3.68. The van der Waals surface area contributed by atoms with Crippen LogP contribution < -0.4 is 5.73 Å². The molecule has 0 aromatic rings. The van der Waals surface area contributed by atoms with Gasteiger partial charge in [0.25, 0.3) is 0 Å². The molecule has 0 saturated heterocycles. The lowest BCUT2D eigenvalue weighted by molar-refractivity contribution is 0.317. The van der Waals surface area contributed by atoms with E-state index >= 15 is 0 Å². The van der Waals surface area contributed by atoms with E-state index in [0.717, 1.165) is 18.4 Å². The van der Waals surface area contributed by atoms with Crippen LogP contribution in [0.1, 0.15) is 58.3 Å². The molecule has 1 nitrogen and oxygen atoms in total. The first kappa shape index (κ1) is 11.0. The Bertz CT molecular complexity index is 116. The van der Waals surface area contributed by atoms with Crippen LogP contribution in [0.15, 0.2) is 0 Å². The van der Waals surface area contributed by atoms with Crippen LogP contribution in [-0.2, 0) is 0 Å². The summed E-state index contributed by atoms with van der Waals surface area (Å²) in [6.45, 7) is 3.20. The molecule has 0 aliphatic heterocycles. The standard InChI is InChI=1S/C12H25N/c1-2-3-4-9-12(10-13)11-7-5-6-8-11/h11-12H,2-10,13H2,1H3. The molecule has 1 heteroatoms. The summed E-state index contributed by atoms with van der Waals surface area (Å²) in [5.41, 5.74) is 5.83. The first-order chi connectivity index (χ1) is 6.38. The molecule has 1 aliphatic rings. The second-order valence-corrected chi connectivity index (χ2v) is 4.54. The highest BCUT2D eigenvalue weighted by molar-refractivity contribution is 4.75. The molecule has 1 unspecified atom stereocenters. The van der Waals surface area contributed by atoms with Gasteiger partial charge in [-0.25, -0.2) is 0 Å². The van der Waals surface area contributed by atoms with E-state index < -0.39 is 0 Å². The number of rotatable bonds is 6. The molecule has 1 aliphatic carbocycles. The Labute approximate surface area is 83.1 Å². The van der Waals surface area contributed by atoms with Crippen molar-refractivity contribution in [3.05, 3.63) is 0 Å². The molecule has 1 saturated carbocycles. The maximum Gasteiger partial charge on any atom is -0.00462 e. The van der Waals surface area contributed by atoms with Crippen LogP contribution in [0.5, 0.6) is 0 Å². The van der Waals surface area contributed by atoms with E-state index in [1.54, 1.807) is 0 Å². The average Bonchev–Trinajstić information content (AvgIpc) is 2.65. The van der Waals surface area contributed by atoms with Gasteiger partial charge >= 0.3 is 0 Å². The second kappa shape index (κ2) is 6.42. The Morgan fingerprint density at radius 2 is 1.92 bits per heavy atom. The fourth-order valence-electron chi connectivity index (χ4n) is 2.63. The summed E-state index contributed by atoms with van der Waals surface area (Å²) in [5.74, 6) is 1.82. The fraction of sp³-hybridized carbons (Fsp3) is 1.00. The molecular weight excluding hydrogens is 158 g/mol. The summed E-state index contributed by atoms with van der Waals surface area (Å²) in [6, 6.07) is 0. The Hall–Kier alpha value is -0.0400. The van der Waals surface area contributed by atoms with E-state index in [4.69, 9.17) is 5.73 Å². The maximum atomic E-state index is 5.83. The minimum atomic E-state index is 0.842. The van der Waals surface area contributed by atoms with Gasteiger partial charge in [-0.3, -0.25) is 0 Å². The van der Waals surface area contributed by atoms with Crippen molar-refractivity contribution in [2.75, 3.05) is 6.54 Å². The molecular formula is C12H25N. The molecule has 0 spiro atoms. The highest BCUT2D eigenvalue weighted by Gasteiger charge is 2.23. The molecule has 0 amide bonds. The first-order valence-corrected chi connectivity index (χ1v) is 6.08. The van der Waals surface area contributed by atoms with Crippen LogP contribution in [0.3, 0.4) is 0 Å². The molecule has 2 N–H and O–H groups in total. The monoisotopic (exact) mass is 183 g/mol. The van der Waals surface area contributed by atoms with Gasteiger partial charge in [-0.2, -0.15) is 0 Å². The topological polar surface area (TPSA) is 26.0 Å². The van der Waals surface area contributed by atoms with Gasteiger partial charge < -0.3 is 5.73 Å². The smallest absolute Gasteiger partial charge is 0.00462 e. The minimum absolute atomic E-state index is 0.842. The normalized spacial score (nSPS) is 20.8. The molecule has 0 aromatic carbocycles. The number of nitrogens with two attached hydrogens (primary N) is 1. The largest absolute Gasteiger partial charge is 0.330 e. The van der Waals surface area contributed by atoms with E-state index in [1.807, 2.05) is 0 Å². The van der Waals surface area contributed by atoms with Crippen LogP contribution in [0.2, 0.25) is 0 Å². The van der Waals surface area contributed by atoms with Crippen molar-refractivity contribution in [3.63, 3.8) is 0 Å². The summed E-state index contributed by atoms with van der Waals surface area (Å²) in [4.78, 5) is 0. The lowest BCUT2D eigenvalue weighted by Gasteiger charge is -2.21. The van der Waals surface area contributed by atoms with Crippen LogP contribution in [-0.4, -0.2) is 6.54 Å². The maximum absolute atomic E-state index is 5.83. The Kier molecular flexibility index (Phi) is 5.45. The van der Waals surface area contributed by atoms with E-state index in [1.165, 1.54) is 51.4 Å². The van der Waals surface area contributed by atoms with Crippen LogP contribution in [0, 0.1) is 11.8 Å². The molecule has 13 heavy (non-hydrogen) atoms. The highest BCUT2D eigenvalue weighted by Crippen LogP contribution is 2.33. The summed E-state index contributed by atoms with van der Waals surface area (Å²) in [6.07, 6.45) is 11.3. The van der Waals surface area contributed by atoms with Crippen molar-refractivity contribution in [1.29, 1.82) is 0 Å². The van der Waals surface area contributed by atoms with E-state index in [9.17, 15) is 0 Å². The Morgan fingerprint density at radius 1 is 1.23 bits per heavy atom. The van der Waals surface area contributed by atoms with E-state index in [-0.39, 0.29) is 0 Å². The molecule has 0 heterocycles. The van der Waals surface area contributed by atoms with Gasteiger partial charge in [0.2, 0.25) is 0 Å². The van der Waals surface area contributed by atoms with Crippen molar-refractivity contribution >= 4 is 0 Å². The van der Waals surface area contributed by atoms with Crippen molar-refractivity contribution in [3.8, 4) is 0 Å². The third-order valence-corrected chi connectivity index (χ3v) is 3.55. The summed E-state index contributed by atoms with van der Waals surface area (Å²) < 4.78 is 0. The van der Waals surface area contributed by atoms with Gasteiger partial charge in [-0.15, -0.1) is 0 Å². The van der Waals surface area contributed by atoms with Crippen molar-refractivity contribution in [1.82, 2.24) is 0 Å². The zero-order chi connectivity index (χ0) is 9.52. The van der Waals surface area contributed by atoms with Crippen molar-refractivity contribution < 1.29 is 0 Å². The molecule has 1 rings (SSSR count). The van der Waals surface area contributed by atoms with Gasteiger partial charge in [0.1, 0.15) is 0 Å². The molecule has 1 fully saturated rings. The Morgan fingerprint density at radius 3 is 2.46 bits per heavy atom. The predicted molar refractivity (Wildman–Crippen MR) is 58.6 cm³/mol. The van der Waals surface area contributed by atoms with Gasteiger partial charge in [-0.05, 0) is 24.8 Å². The van der Waals surface area contributed by atoms with E-state index in [2.05, 4.69) is 6.92 Å². The number of hydrogen-bond donors (Lipinski definition) is 1. The summed E-state index contributed by atoms with van der Waals surface area (Å²) >= 11 is 0. The number of unbranched alkanes of at least 4 members (excludes halogenated alkanes) is 2. The van der Waals surface area contributed by atoms with E-state index in [0.29, 0.717) is 0 Å². The van der Waals surface area contributed by atoms with Crippen LogP contribution in [0.4, 0.5) is 0 Å². The van der Waals surface area contributed by atoms with Crippen LogP contribution in [0.25, 0.3) is 0 Å².